The fourth-order valence-electron chi connectivity index (χ4n) is 6.02. The van der Waals surface area contributed by atoms with Gasteiger partial charge in [0, 0.05) is 46.1 Å². The number of aliphatic hydroxyl groups excluding tert-OH is 1. The van der Waals surface area contributed by atoms with Crippen molar-refractivity contribution in [3.05, 3.63) is 59.2 Å². The second-order valence-electron chi connectivity index (χ2n) is 11.5. The largest absolute Gasteiger partial charge is 0.480 e. The first kappa shape index (κ1) is 41.6. The van der Waals surface area contributed by atoms with Gasteiger partial charge in [0.1, 0.15) is 6.04 Å². The Morgan fingerprint density at radius 2 is 1.63 bits per heavy atom. The average Bonchev–Trinajstić information content (AvgIpc) is 3.52. The van der Waals surface area contributed by atoms with Gasteiger partial charge >= 0.3 is 5.97 Å². The minimum Gasteiger partial charge on any atom is -0.480 e. The van der Waals surface area contributed by atoms with Gasteiger partial charge in [-0.25, -0.2) is 4.79 Å². The molecular weight excluding hydrogens is 600 g/mol. The van der Waals surface area contributed by atoms with E-state index in [2.05, 4.69) is 16.3 Å². The third-order valence-electron chi connectivity index (χ3n) is 8.35. The van der Waals surface area contributed by atoms with E-state index in [0.717, 1.165) is 74.4 Å². The lowest BCUT2D eigenvalue weighted by molar-refractivity contribution is -0.139. The predicted octanol–water partition coefficient (Wildman–Crippen LogP) is 7.06. The van der Waals surface area contributed by atoms with Crippen LogP contribution < -0.4 is 5.32 Å². The number of aliphatic carboxylic acids is 1. The van der Waals surface area contributed by atoms with Gasteiger partial charge in [-0.05, 0) is 97.9 Å². The highest BCUT2D eigenvalue weighted by Crippen LogP contribution is 2.30. The second kappa shape index (κ2) is 24.7. The normalized spacial score (nSPS) is 16.9. The topological polar surface area (TPSA) is 108 Å². The summed E-state index contributed by atoms with van der Waals surface area (Å²) >= 11 is 1.56. The van der Waals surface area contributed by atoms with Crippen molar-refractivity contribution >= 4 is 23.6 Å². The molecule has 1 aliphatic heterocycles. The van der Waals surface area contributed by atoms with E-state index in [1.807, 2.05) is 63.4 Å². The SMILES string of the molecule is CC.CO.COCC1CCCCC1.COCC1CCCN1Cc1ccc(C(=O)NC(CCSC)C(=O)O)c(-c2ccccc2C)c1. The molecule has 2 aromatic carbocycles. The fourth-order valence-corrected chi connectivity index (χ4v) is 6.49. The molecule has 1 saturated carbocycles. The molecular formula is C37H60N2O6S. The van der Waals surface area contributed by atoms with E-state index in [4.69, 9.17) is 14.6 Å². The molecule has 3 N–H and O–H groups in total. The number of carboxylic acids is 1. The predicted molar refractivity (Wildman–Crippen MR) is 192 cm³/mol. The third-order valence-corrected chi connectivity index (χ3v) is 8.99. The monoisotopic (exact) mass is 660 g/mol. The van der Waals surface area contributed by atoms with E-state index in [1.54, 1.807) is 26.0 Å². The summed E-state index contributed by atoms with van der Waals surface area (Å²) in [7, 11) is 4.54. The molecule has 1 aliphatic carbocycles. The first-order chi connectivity index (χ1) is 22.4. The van der Waals surface area contributed by atoms with Gasteiger partial charge in [0.25, 0.3) is 5.91 Å². The molecule has 2 unspecified atom stereocenters. The van der Waals surface area contributed by atoms with E-state index < -0.39 is 12.0 Å². The maximum Gasteiger partial charge on any atom is 0.326 e. The Bertz CT molecular complexity index is 1120. The molecule has 260 valence electrons. The number of hydrogen-bond donors (Lipinski definition) is 3. The van der Waals surface area contributed by atoms with Crippen molar-refractivity contribution in [3.63, 3.8) is 0 Å². The molecule has 4 rings (SSSR count). The van der Waals surface area contributed by atoms with Crippen LogP contribution in [0.15, 0.2) is 42.5 Å². The molecule has 46 heavy (non-hydrogen) atoms. The Morgan fingerprint density at radius 1 is 0.957 bits per heavy atom. The number of thioether (sulfide) groups is 1. The quantitative estimate of drug-likeness (QED) is 0.210. The number of likely N-dealkylation sites (tertiary alicyclic amines) is 1. The average molecular weight is 661 g/mol. The number of carboxylic acid groups (broad SMARTS) is 1. The fraction of sp³-hybridized carbons (Fsp3) is 0.622. The standard InChI is InChI=1S/C26H34N2O4S.C8H16O.C2H6.CH4O/c1-18-7-4-5-9-21(18)23-15-19(16-28-13-6-8-20(28)17-32-2)10-11-22(23)25(29)27-24(26(30)31)12-14-33-3;1-9-7-8-5-3-2-4-6-8;2*1-2/h4-5,7,9-11,15,20,24H,6,8,12-14,16-17H2,1-3H3,(H,27,29)(H,30,31);8H,2-7H2,1H3;1-2H3;2H,1H3. The van der Waals surface area contributed by atoms with Crippen LogP contribution in [0.5, 0.6) is 0 Å². The Kier molecular flexibility index (Phi) is 22.3. The number of hydrogen-bond acceptors (Lipinski definition) is 7. The van der Waals surface area contributed by atoms with Crippen LogP contribution in [-0.2, 0) is 20.8 Å². The van der Waals surface area contributed by atoms with E-state index in [1.165, 1.54) is 32.1 Å². The molecule has 0 aromatic heterocycles. The molecule has 9 heteroatoms. The molecule has 0 bridgehead atoms. The minimum atomic E-state index is -1.01. The highest BCUT2D eigenvalue weighted by molar-refractivity contribution is 7.98. The molecule has 1 amide bonds. The molecule has 2 aliphatic rings. The van der Waals surface area contributed by atoms with Crippen molar-refractivity contribution in [1.29, 1.82) is 0 Å². The molecule has 2 aromatic rings. The Balaban J connectivity index is 0.000000686. The summed E-state index contributed by atoms with van der Waals surface area (Å²) in [6, 6.07) is 13.4. The number of nitrogens with one attached hydrogen (secondary N) is 1. The summed E-state index contributed by atoms with van der Waals surface area (Å²) in [5.41, 5.74) is 4.51. The van der Waals surface area contributed by atoms with E-state index in [-0.39, 0.29) is 5.91 Å². The number of rotatable bonds is 13. The zero-order chi connectivity index (χ0) is 34.3. The van der Waals surface area contributed by atoms with Gasteiger partial charge in [0.15, 0.2) is 0 Å². The van der Waals surface area contributed by atoms with E-state index in [0.29, 0.717) is 23.8 Å². The second-order valence-corrected chi connectivity index (χ2v) is 12.5. The van der Waals surface area contributed by atoms with Gasteiger partial charge in [0.2, 0.25) is 0 Å². The van der Waals surface area contributed by atoms with Crippen LogP contribution in [0.3, 0.4) is 0 Å². The van der Waals surface area contributed by atoms with Crippen LogP contribution in [0.4, 0.5) is 0 Å². The van der Waals surface area contributed by atoms with E-state index in [9.17, 15) is 14.7 Å². The lowest BCUT2D eigenvalue weighted by atomic mass is 9.90. The Labute approximate surface area is 282 Å². The van der Waals surface area contributed by atoms with Crippen LogP contribution in [0.2, 0.25) is 0 Å². The molecule has 8 nitrogen and oxygen atoms in total. The van der Waals surface area contributed by atoms with Crippen molar-refractivity contribution in [2.75, 3.05) is 53.1 Å². The highest BCUT2D eigenvalue weighted by atomic mass is 32.2. The molecule has 2 atom stereocenters. The van der Waals surface area contributed by atoms with Gasteiger partial charge in [-0.1, -0.05) is 63.4 Å². The first-order valence-corrected chi connectivity index (χ1v) is 18.2. The molecule has 1 heterocycles. The molecule has 1 saturated heterocycles. The third kappa shape index (κ3) is 14.1. The van der Waals surface area contributed by atoms with Crippen molar-refractivity contribution < 1.29 is 29.3 Å². The van der Waals surface area contributed by atoms with Gasteiger partial charge in [-0.2, -0.15) is 11.8 Å². The number of carbonyl (C=O) groups excluding carboxylic acids is 1. The molecule has 0 radical (unpaired) electrons. The Hall–Kier alpha value is -2.43. The lowest BCUT2D eigenvalue weighted by Gasteiger charge is -2.24. The number of aryl methyl sites for hydroxylation is 1. The van der Waals surface area contributed by atoms with Crippen LogP contribution in [0.1, 0.15) is 86.7 Å². The summed E-state index contributed by atoms with van der Waals surface area (Å²) < 4.78 is 10.5. The maximum absolute atomic E-state index is 13.2. The van der Waals surface area contributed by atoms with Crippen LogP contribution in [0.25, 0.3) is 11.1 Å². The van der Waals surface area contributed by atoms with Crippen LogP contribution in [0, 0.1) is 12.8 Å². The summed E-state index contributed by atoms with van der Waals surface area (Å²) in [6.07, 6.45) is 11.7. The number of nitrogens with zero attached hydrogens (tertiary/aromatic N) is 1. The van der Waals surface area contributed by atoms with Crippen molar-refractivity contribution in [1.82, 2.24) is 10.2 Å². The van der Waals surface area contributed by atoms with Gasteiger partial charge in [0.05, 0.1) is 6.61 Å². The summed E-state index contributed by atoms with van der Waals surface area (Å²) in [6.45, 7) is 9.56. The van der Waals surface area contributed by atoms with Crippen LogP contribution in [-0.4, -0.2) is 92.2 Å². The van der Waals surface area contributed by atoms with Crippen molar-refractivity contribution in [2.24, 2.45) is 5.92 Å². The smallest absolute Gasteiger partial charge is 0.326 e. The molecule has 0 spiro atoms. The van der Waals surface area contributed by atoms with Crippen LogP contribution >= 0.6 is 11.8 Å². The molecule has 2 fully saturated rings. The van der Waals surface area contributed by atoms with Gasteiger partial charge in [-0.3, -0.25) is 9.69 Å². The van der Waals surface area contributed by atoms with E-state index >= 15 is 0 Å². The maximum atomic E-state index is 13.2. The first-order valence-electron chi connectivity index (χ1n) is 16.8. The minimum absolute atomic E-state index is 0.355. The zero-order valence-electron chi connectivity index (χ0n) is 29.3. The Morgan fingerprint density at radius 3 is 2.24 bits per heavy atom. The zero-order valence-corrected chi connectivity index (χ0v) is 30.2. The lowest BCUT2D eigenvalue weighted by Crippen LogP contribution is -2.41. The van der Waals surface area contributed by atoms with Gasteiger partial charge in [-0.15, -0.1) is 0 Å². The summed E-state index contributed by atoms with van der Waals surface area (Å²) in [5, 5.41) is 19.3. The number of carbonyl (C=O) groups is 2. The highest BCUT2D eigenvalue weighted by Gasteiger charge is 2.26. The van der Waals surface area contributed by atoms with Crippen molar-refractivity contribution in [2.45, 2.75) is 90.8 Å². The number of amides is 1. The number of aliphatic hydroxyl groups is 1. The van der Waals surface area contributed by atoms with Crippen molar-refractivity contribution in [3.8, 4) is 11.1 Å². The summed E-state index contributed by atoms with van der Waals surface area (Å²) in [5.74, 6) is 0.180. The summed E-state index contributed by atoms with van der Waals surface area (Å²) in [4.78, 5) is 27.3. The number of ether oxygens (including phenoxy) is 2. The van der Waals surface area contributed by atoms with Gasteiger partial charge < -0.3 is 25.0 Å². The number of benzene rings is 2. The number of methoxy groups -OCH3 is 2.